The van der Waals surface area contributed by atoms with Crippen molar-refractivity contribution in [3.05, 3.63) is 40.9 Å². The first-order valence-corrected chi connectivity index (χ1v) is 7.67. The van der Waals surface area contributed by atoms with Crippen molar-refractivity contribution in [2.45, 2.75) is 11.8 Å². The van der Waals surface area contributed by atoms with Crippen molar-refractivity contribution < 1.29 is 9.47 Å². The maximum absolute atomic E-state index is 6.24. The Bertz CT molecular complexity index is 587. The summed E-state index contributed by atoms with van der Waals surface area (Å²) < 4.78 is 13.1. The van der Waals surface area contributed by atoms with Crippen LogP contribution in [0.25, 0.3) is 0 Å². The molecule has 0 aliphatic heterocycles. The van der Waals surface area contributed by atoms with Gasteiger partial charge in [0.05, 0.1) is 18.7 Å². The van der Waals surface area contributed by atoms with E-state index in [1.165, 1.54) is 0 Å². The molecule has 1 heterocycles. The molecule has 1 aromatic heterocycles. The van der Waals surface area contributed by atoms with Crippen molar-refractivity contribution in [3.8, 4) is 11.5 Å². The van der Waals surface area contributed by atoms with Gasteiger partial charge in [0, 0.05) is 31.2 Å². The van der Waals surface area contributed by atoms with Gasteiger partial charge in [-0.25, -0.2) is 4.98 Å². The van der Waals surface area contributed by atoms with E-state index in [1.807, 2.05) is 29.9 Å². The van der Waals surface area contributed by atoms with E-state index in [0.29, 0.717) is 29.5 Å². The van der Waals surface area contributed by atoms with Gasteiger partial charge < -0.3 is 14.0 Å². The zero-order valence-corrected chi connectivity index (χ0v) is 13.7. The molecule has 0 spiro atoms. The fourth-order valence-electron chi connectivity index (χ4n) is 1.87. The summed E-state index contributed by atoms with van der Waals surface area (Å²) in [5.41, 5.74) is 1.04. The summed E-state index contributed by atoms with van der Waals surface area (Å²) >= 11 is 9.64. The highest BCUT2D eigenvalue weighted by Gasteiger charge is 2.12. The number of aromatic nitrogens is 2. The highest BCUT2D eigenvalue weighted by atomic mass is 79.9. The van der Waals surface area contributed by atoms with E-state index in [2.05, 4.69) is 20.9 Å². The molecule has 0 amide bonds. The van der Waals surface area contributed by atoms with Crippen molar-refractivity contribution in [2.75, 3.05) is 13.7 Å². The van der Waals surface area contributed by atoms with Crippen molar-refractivity contribution in [3.63, 3.8) is 0 Å². The maximum atomic E-state index is 6.24. The van der Waals surface area contributed by atoms with Crippen LogP contribution in [0.5, 0.6) is 11.5 Å². The lowest BCUT2D eigenvalue weighted by atomic mass is 10.2. The monoisotopic (exact) mass is 358 g/mol. The van der Waals surface area contributed by atoms with Crippen molar-refractivity contribution in [2.24, 2.45) is 7.05 Å². The summed E-state index contributed by atoms with van der Waals surface area (Å²) in [6, 6.07) is 3.78. The first kappa shape index (κ1) is 15.2. The molecule has 6 heteroatoms. The number of imidazole rings is 1. The topological polar surface area (TPSA) is 36.3 Å². The van der Waals surface area contributed by atoms with Crippen LogP contribution < -0.4 is 9.47 Å². The molecule has 0 saturated heterocycles. The number of methoxy groups -OCH3 is 1. The Morgan fingerprint density at radius 2 is 2.20 bits per heavy atom. The standard InChI is InChI=1S/C14H16BrClN2O2/c1-18-5-4-17-13(18)3-6-20-14-11(16)7-10(9-15)8-12(14)19-2/h4-5,7-8H,3,6,9H2,1-2H3. The second kappa shape index (κ2) is 6.99. The van der Waals surface area contributed by atoms with Crippen LogP contribution in [0.2, 0.25) is 5.02 Å². The number of rotatable bonds is 6. The van der Waals surface area contributed by atoms with Gasteiger partial charge in [0.2, 0.25) is 0 Å². The molecule has 0 unspecified atom stereocenters. The smallest absolute Gasteiger partial charge is 0.179 e. The highest BCUT2D eigenvalue weighted by molar-refractivity contribution is 9.08. The van der Waals surface area contributed by atoms with Crippen LogP contribution in [0.1, 0.15) is 11.4 Å². The van der Waals surface area contributed by atoms with Gasteiger partial charge in [-0.2, -0.15) is 0 Å². The summed E-state index contributed by atoms with van der Waals surface area (Å²) in [5.74, 6) is 2.19. The Morgan fingerprint density at radius 1 is 1.40 bits per heavy atom. The third-order valence-corrected chi connectivity index (χ3v) is 3.86. The summed E-state index contributed by atoms with van der Waals surface area (Å²) in [6.07, 6.45) is 4.39. The molecule has 108 valence electrons. The van der Waals surface area contributed by atoms with Gasteiger partial charge in [0.1, 0.15) is 5.82 Å². The minimum Gasteiger partial charge on any atom is -0.493 e. The minimum absolute atomic E-state index is 0.495. The van der Waals surface area contributed by atoms with E-state index in [0.717, 1.165) is 16.7 Å². The van der Waals surface area contributed by atoms with Gasteiger partial charge in [-0.3, -0.25) is 0 Å². The molecule has 0 bridgehead atoms. The molecule has 0 saturated carbocycles. The Labute approximate surface area is 131 Å². The van der Waals surface area contributed by atoms with E-state index in [4.69, 9.17) is 21.1 Å². The van der Waals surface area contributed by atoms with Gasteiger partial charge in [-0.1, -0.05) is 27.5 Å². The first-order valence-electron chi connectivity index (χ1n) is 6.17. The number of benzene rings is 1. The average Bonchev–Trinajstić information content (AvgIpc) is 2.85. The molecule has 2 rings (SSSR count). The molecule has 4 nitrogen and oxygen atoms in total. The molecule has 0 fully saturated rings. The van der Waals surface area contributed by atoms with Crippen LogP contribution in [0, 0.1) is 0 Å². The lowest BCUT2D eigenvalue weighted by molar-refractivity contribution is 0.294. The van der Waals surface area contributed by atoms with E-state index in [-0.39, 0.29) is 0 Å². The summed E-state index contributed by atoms with van der Waals surface area (Å²) in [7, 11) is 3.57. The maximum Gasteiger partial charge on any atom is 0.179 e. The molecule has 0 aliphatic carbocycles. The largest absolute Gasteiger partial charge is 0.493 e. The molecule has 0 radical (unpaired) electrons. The Hall–Kier alpha value is -1.20. The Kier molecular flexibility index (Phi) is 5.31. The van der Waals surface area contributed by atoms with E-state index >= 15 is 0 Å². The van der Waals surface area contributed by atoms with Gasteiger partial charge in [0.15, 0.2) is 11.5 Å². The number of halogens is 2. The zero-order chi connectivity index (χ0) is 14.5. The second-order valence-electron chi connectivity index (χ2n) is 4.30. The predicted octanol–water partition coefficient (Wildman–Crippen LogP) is 3.60. The second-order valence-corrected chi connectivity index (χ2v) is 5.26. The number of nitrogens with zero attached hydrogens (tertiary/aromatic N) is 2. The quantitative estimate of drug-likeness (QED) is 0.739. The van der Waals surface area contributed by atoms with E-state index in [9.17, 15) is 0 Å². The molecule has 0 N–H and O–H groups in total. The normalized spacial score (nSPS) is 10.6. The summed E-state index contributed by atoms with van der Waals surface area (Å²) in [4.78, 5) is 4.25. The van der Waals surface area contributed by atoms with E-state index in [1.54, 1.807) is 13.3 Å². The molecule has 0 atom stereocenters. The molecule has 2 aromatic rings. The van der Waals surface area contributed by atoms with Crippen LogP contribution in [0.3, 0.4) is 0 Å². The van der Waals surface area contributed by atoms with Gasteiger partial charge in [0.25, 0.3) is 0 Å². The number of hydrogen-bond acceptors (Lipinski definition) is 3. The lowest BCUT2D eigenvalue weighted by Crippen LogP contribution is -2.07. The fourth-order valence-corrected chi connectivity index (χ4v) is 2.48. The summed E-state index contributed by atoms with van der Waals surface area (Å²) in [5, 5.41) is 1.27. The number of aryl methyl sites for hydroxylation is 1. The molecular weight excluding hydrogens is 344 g/mol. The van der Waals surface area contributed by atoms with Crippen LogP contribution in [0.4, 0.5) is 0 Å². The zero-order valence-electron chi connectivity index (χ0n) is 11.4. The number of ether oxygens (including phenoxy) is 2. The SMILES string of the molecule is COc1cc(CBr)cc(Cl)c1OCCc1nccn1C. The van der Waals surface area contributed by atoms with Crippen LogP contribution >= 0.6 is 27.5 Å². The van der Waals surface area contributed by atoms with Gasteiger partial charge in [-0.15, -0.1) is 0 Å². The lowest BCUT2D eigenvalue weighted by Gasteiger charge is -2.13. The van der Waals surface area contributed by atoms with Gasteiger partial charge in [-0.05, 0) is 17.7 Å². The van der Waals surface area contributed by atoms with Crippen molar-refractivity contribution >= 4 is 27.5 Å². The molecule has 1 aromatic carbocycles. The highest BCUT2D eigenvalue weighted by Crippen LogP contribution is 2.36. The molecule has 20 heavy (non-hydrogen) atoms. The third kappa shape index (κ3) is 3.46. The van der Waals surface area contributed by atoms with E-state index < -0.39 is 0 Å². The fraction of sp³-hybridized carbons (Fsp3) is 0.357. The van der Waals surface area contributed by atoms with Crippen LogP contribution in [0.15, 0.2) is 24.5 Å². The van der Waals surface area contributed by atoms with Crippen molar-refractivity contribution in [1.29, 1.82) is 0 Å². The predicted molar refractivity (Wildman–Crippen MR) is 83.0 cm³/mol. The molecular formula is C14H16BrClN2O2. The van der Waals surface area contributed by atoms with Crippen LogP contribution in [-0.4, -0.2) is 23.3 Å². The Morgan fingerprint density at radius 3 is 2.80 bits per heavy atom. The minimum atomic E-state index is 0.495. The van der Waals surface area contributed by atoms with Gasteiger partial charge >= 0.3 is 0 Å². The van der Waals surface area contributed by atoms with Crippen molar-refractivity contribution in [1.82, 2.24) is 9.55 Å². The average molecular weight is 360 g/mol. The first-order chi connectivity index (χ1) is 9.65. The Balaban J connectivity index is 2.07. The van der Waals surface area contributed by atoms with Crippen LogP contribution in [-0.2, 0) is 18.8 Å². The molecule has 0 aliphatic rings. The summed E-state index contributed by atoms with van der Waals surface area (Å²) in [6.45, 7) is 0.495. The number of alkyl halides is 1. The third-order valence-electron chi connectivity index (χ3n) is 2.94. The number of hydrogen-bond donors (Lipinski definition) is 0.